The zero-order chi connectivity index (χ0) is 26.0. The summed E-state index contributed by atoms with van der Waals surface area (Å²) in [7, 11) is -4.32. The number of aliphatic hydroxyl groups excluding tert-OH is 1. The van der Waals surface area contributed by atoms with Crippen molar-refractivity contribution in [3.05, 3.63) is 47.5 Å². The number of β-amino-alcohol motifs (C(OH)–C–C–N with tert-alkyl or cyclic N) is 1. The number of hydrogen-bond acceptors (Lipinski definition) is 9. The minimum Gasteiger partial charge on any atom is -0.482 e. The van der Waals surface area contributed by atoms with E-state index in [0.29, 0.717) is 12.1 Å². The number of hydrogen-bond donors (Lipinski definition) is 2. The summed E-state index contributed by atoms with van der Waals surface area (Å²) >= 11 is 0. The second kappa shape index (κ2) is 9.63. The Morgan fingerprint density at radius 1 is 1.23 bits per heavy atom. The maximum atomic E-state index is 14.2. The first kappa shape index (κ1) is 26.1. The van der Waals surface area contributed by atoms with Crippen LogP contribution in [0.25, 0.3) is 0 Å². The van der Waals surface area contributed by atoms with Gasteiger partial charge < -0.3 is 19.7 Å². The Morgan fingerprint density at radius 3 is 2.49 bits per heavy atom. The van der Waals surface area contributed by atoms with Gasteiger partial charge in [-0.2, -0.15) is 28.0 Å². The summed E-state index contributed by atoms with van der Waals surface area (Å²) in [6.45, 7) is -4.11. The van der Waals surface area contributed by atoms with Crippen molar-refractivity contribution in [2.45, 2.75) is 22.8 Å². The molecule has 2 N–H and O–H groups in total. The number of aromatic nitrogens is 1. The topological polar surface area (TPSA) is 157 Å². The lowest BCUT2D eigenvalue weighted by atomic mass is 10.0. The minimum atomic E-state index is -4.78. The van der Waals surface area contributed by atoms with Crippen LogP contribution in [0.5, 0.6) is 11.5 Å². The largest absolute Gasteiger partial charge is 0.482 e. The third kappa shape index (κ3) is 5.60. The normalized spacial score (nSPS) is 20.7. The smallest absolute Gasteiger partial charge is 0.422 e. The van der Waals surface area contributed by atoms with Crippen molar-refractivity contribution in [2.24, 2.45) is 0 Å². The van der Waals surface area contributed by atoms with Crippen LogP contribution in [0.15, 0.2) is 35.4 Å². The van der Waals surface area contributed by atoms with Gasteiger partial charge in [-0.15, -0.1) is 0 Å². The number of ether oxygens (including phenoxy) is 2. The Balaban J connectivity index is 1.93. The third-order valence-electron chi connectivity index (χ3n) is 5.00. The van der Waals surface area contributed by atoms with E-state index in [1.54, 1.807) is 6.07 Å². The van der Waals surface area contributed by atoms with E-state index in [1.165, 1.54) is 6.07 Å². The van der Waals surface area contributed by atoms with Crippen LogP contribution in [0.1, 0.15) is 11.3 Å². The molecule has 0 bridgehead atoms. The summed E-state index contributed by atoms with van der Waals surface area (Å²) in [4.78, 5) is 3.33. The molecule has 1 aromatic heterocycles. The predicted octanol–water partition coefficient (Wildman–Crippen LogP) is 1.08. The molecule has 1 fully saturated rings. The first-order valence-corrected chi connectivity index (χ1v) is 11.1. The van der Waals surface area contributed by atoms with Crippen LogP contribution in [-0.4, -0.2) is 72.1 Å². The summed E-state index contributed by atoms with van der Waals surface area (Å²) in [6, 6.07) is 6.64. The zero-order valence-corrected chi connectivity index (χ0v) is 18.3. The lowest BCUT2D eigenvalue weighted by molar-refractivity contribution is -0.153. The van der Waals surface area contributed by atoms with Crippen molar-refractivity contribution in [3.63, 3.8) is 0 Å². The first-order chi connectivity index (χ1) is 16.3. The molecule has 3 rings (SSSR count). The number of nitriles is 2. The van der Waals surface area contributed by atoms with E-state index in [9.17, 15) is 36.2 Å². The summed E-state index contributed by atoms with van der Waals surface area (Å²) in [5, 5.41) is 38.3. The number of alkyl halides is 3. The van der Waals surface area contributed by atoms with Crippen molar-refractivity contribution in [1.82, 2.24) is 9.29 Å². The number of nitrogens with zero attached hydrogens (tertiary/aromatic N) is 4. The quantitative estimate of drug-likeness (QED) is 0.514. The molecule has 0 amide bonds. The fraction of sp³-hybridized carbons (Fsp3) is 0.350. The number of sulfonamides is 1. The lowest BCUT2D eigenvalue weighted by Crippen LogP contribution is -2.48. The van der Waals surface area contributed by atoms with Crippen LogP contribution >= 0.6 is 0 Å². The highest BCUT2D eigenvalue weighted by Gasteiger charge is 2.51. The number of benzene rings is 1. The molecule has 1 aliphatic heterocycles. The van der Waals surface area contributed by atoms with E-state index >= 15 is 0 Å². The van der Waals surface area contributed by atoms with E-state index in [4.69, 9.17) is 15.3 Å². The molecule has 2 heterocycles. The zero-order valence-electron chi connectivity index (χ0n) is 17.5. The Kier molecular flexibility index (Phi) is 7.18. The highest BCUT2D eigenvalue weighted by atomic mass is 32.2. The number of pyridine rings is 1. The third-order valence-corrected chi connectivity index (χ3v) is 6.79. The van der Waals surface area contributed by atoms with Gasteiger partial charge in [0.05, 0.1) is 18.7 Å². The van der Waals surface area contributed by atoms with E-state index < -0.39 is 77.1 Å². The van der Waals surface area contributed by atoms with Gasteiger partial charge in [-0.1, -0.05) is 0 Å². The van der Waals surface area contributed by atoms with Crippen LogP contribution in [0.4, 0.5) is 17.6 Å². The van der Waals surface area contributed by atoms with Gasteiger partial charge in [0.1, 0.15) is 40.3 Å². The molecule has 0 saturated carbocycles. The van der Waals surface area contributed by atoms with Gasteiger partial charge >= 0.3 is 6.18 Å². The lowest BCUT2D eigenvalue weighted by Gasteiger charge is -2.28. The molecule has 1 aromatic carbocycles. The standard InChI is InChI=1S/C20H16F4N4O6S/c21-15-4-17(16(3-12(15)5-25)33-11-20(22,23)24)34-18-8-28(9-19(18,30)10-29)35(31,32)14-2-1-13(6-26)27-7-14/h1-4,7,18,29-30H,8-11H2/t18-,19+/m0/s1. The van der Waals surface area contributed by atoms with Crippen LogP contribution < -0.4 is 9.47 Å². The first-order valence-electron chi connectivity index (χ1n) is 9.62. The van der Waals surface area contributed by atoms with Crippen molar-refractivity contribution < 1.29 is 45.7 Å². The fourth-order valence-electron chi connectivity index (χ4n) is 3.20. The van der Waals surface area contributed by atoms with Crippen molar-refractivity contribution in [2.75, 3.05) is 26.3 Å². The molecular weight excluding hydrogens is 500 g/mol. The maximum absolute atomic E-state index is 14.2. The molecule has 1 aliphatic rings. The van der Waals surface area contributed by atoms with Gasteiger partial charge in [0.15, 0.2) is 18.1 Å². The van der Waals surface area contributed by atoms with Crippen molar-refractivity contribution >= 4 is 10.0 Å². The van der Waals surface area contributed by atoms with Crippen LogP contribution in [0.2, 0.25) is 0 Å². The molecule has 0 aliphatic carbocycles. The van der Waals surface area contributed by atoms with E-state index in [0.717, 1.165) is 22.6 Å². The second-order valence-corrected chi connectivity index (χ2v) is 9.39. The summed E-state index contributed by atoms with van der Waals surface area (Å²) in [5.41, 5.74) is -2.93. The summed E-state index contributed by atoms with van der Waals surface area (Å²) in [5.74, 6) is -2.50. The predicted molar refractivity (Wildman–Crippen MR) is 107 cm³/mol. The molecule has 186 valence electrons. The number of rotatable bonds is 7. The summed E-state index contributed by atoms with van der Waals surface area (Å²) in [6.07, 6.45) is -5.44. The highest BCUT2D eigenvalue weighted by Crippen LogP contribution is 2.36. The van der Waals surface area contributed by atoms with Gasteiger partial charge in [0.2, 0.25) is 10.0 Å². The number of halogens is 4. The maximum Gasteiger partial charge on any atom is 0.422 e. The Labute approximate surface area is 196 Å². The minimum absolute atomic E-state index is 0.0485. The SMILES string of the molecule is N#Cc1ccc(S(=O)(=O)N2C[C@H](Oc3cc(F)c(C#N)cc3OCC(F)(F)F)[C@](O)(CO)C2)cn1. The van der Waals surface area contributed by atoms with E-state index in [-0.39, 0.29) is 10.6 Å². The van der Waals surface area contributed by atoms with Crippen LogP contribution in [0.3, 0.4) is 0 Å². The highest BCUT2D eigenvalue weighted by molar-refractivity contribution is 7.89. The molecule has 35 heavy (non-hydrogen) atoms. The van der Waals surface area contributed by atoms with E-state index in [1.807, 2.05) is 0 Å². The van der Waals surface area contributed by atoms with Gasteiger partial charge in [-0.05, 0) is 12.1 Å². The average molecular weight is 516 g/mol. The molecule has 10 nitrogen and oxygen atoms in total. The van der Waals surface area contributed by atoms with Gasteiger partial charge in [0, 0.05) is 24.9 Å². The number of aliphatic hydroxyl groups is 2. The molecule has 0 radical (unpaired) electrons. The van der Waals surface area contributed by atoms with Crippen molar-refractivity contribution in [3.8, 4) is 23.6 Å². The van der Waals surface area contributed by atoms with Crippen molar-refractivity contribution in [1.29, 1.82) is 10.5 Å². The van der Waals surface area contributed by atoms with Gasteiger partial charge in [-0.25, -0.2) is 17.8 Å². The van der Waals surface area contributed by atoms with Gasteiger partial charge in [0.25, 0.3) is 0 Å². The van der Waals surface area contributed by atoms with Crippen LogP contribution in [0, 0.1) is 28.5 Å². The monoisotopic (exact) mass is 516 g/mol. The van der Waals surface area contributed by atoms with Crippen LogP contribution in [-0.2, 0) is 10.0 Å². The molecule has 1 saturated heterocycles. The molecule has 0 unspecified atom stereocenters. The Bertz CT molecular complexity index is 1290. The molecule has 0 spiro atoms. The molecular formula is C20H16F4N4O6S. The average Bonchev–Trinajstić information content (AvgIpc) is 3.15. The Hall–Kier alpha value is -3.50. The van der Waals surface area contributed by atoms with Gasteiger partial charge in [-0.3, -0.25) is 0 Å². The molecule has 2 atom stereocenters. The second-order valence-electron chi connectivity index (χ2n) is 7.45. The summed E-state index contributed by atoms with van der Waals surface area (Å²) < 4.78 is 88.8. The van der Waals surface area contributed by atoms with E-state index in [2.05, 4.69) is 9.72 Å². The Morgan fingerprint density at radius 2 is 1.94 bits per heavy atom. The molecule has 2 aromatic rings. The molecule has 15 heteroatoms. The fourth-order valence-corrected chi connectivity index (χ4v) is 4.64.